The molecule has 1 N–H and O–H groups in total. The lowest BCUT2D eigenvalue weighted by Crippen LogP contribution is -2.65. The van der Waals surface area contributed by atoms with Crippen molar-refractivity contribution in [1.29, 1.82) is 0 Å². The van der Waals surface area contributed by atoms with Crippen LogP contribution in [0.25, 0.3) is 0 Å². The molecule has 0 saturated carbocycles. The minimum atomic E-state index is -0.478. The van der Waals surface area contributed by atoms with Crippen molar-refractivity contribution in [3.05, 3.63) is 35.4 Å². The van der Waals surface area contributed by atoms with Crippen LogP contribution in [0.4, 0.5) is 0 Å². The van der Waals surface area contributed by atoms with E-state index in [9.17, 15) is 4.79 Å². The Balaban J connectivity index is 1.75. The third-order valence-electron chi connectivity index (χ3n) is 4.88. The van der Waals surface area contributed by atoms with E-state index >= 15 is 0 Å². The molecule has 25 heavy (non-hydrogen) atoms. The fourth-order valence-corrected chi connectivity index (χ4v) is 4.47. The lowest BCUT2D eigenvalue weighted by molar-refractivity contribution is -0.207. The van der Waals surface area contributed by atoms with Gasteiger partial charge in [0.15, 0.2) is 5.79 Å². The quantitative estimate of drug-likeness (QED) is 0.849. The van der Waals surface area contributed by atoms with E-state index in [0.717, 1.165) is 19.3 Å². The first-order valence-corrected chi connectivity index (χ1v) is 9.08. The van der Waals surface area contributed by atoms with Crippen LogP contribution in [-0.2, 0) is 20.6 Å². The van der Waals surface area contributed by atoms with Gasteiger partial charge in [-0.15, -0.1) is 0 Å². The molecule has 3 rings (SSSR count). The molecule has 0 radical (unpaired) electrons. The summed E-state index contributed by atoms with van der Waals surface area (Å²) in [5.41, 5.74) is 1.56. The van der Waals surface area contributed by atoms with Gasteiger partial charge in [-0.3, -0.25) is 0 Å². The van der Waals surface area contributed by atoms with E-state index in [0.29, 0.717) is 25.4 Å². The average molecular weight is 347 g/mol. The van der Waals surface area contributed by atoms with Gasteiger partial charge in [-0.1, -0.05) is 12.1 Å². The molecule has 1 unspecified atom stereocenters. The Morgan fingerprint density at radius 1 is 1.12 bits per heavy atom. The van der Waals surface area contributed by atoms with Crippen LogP contribution in [-0.4, -0.2) is 42.7 Å². The number of hydrogen-bond donors (Lipinski definition) is 1. The molecule has 5 heteroatoms. The molecule has 1 atom stereocenters. The van der Waals surface area contributed by atoms with Crippen molar-refractivity contribution in [1.82, 2.24) is 5.32 Å². The van der Waals surface area contributed by atoms with E-state index in [1.54, 1.807) is 0 Å². The first kappa shape index (κ1) is 18.4. The van der Waals surface area contributed by atoms with Crippen molar-refractivity contribution in [2.24, 2.45) is 0 Å². The van der Waals surface area contributed by atoms with Crippen molar-refractivity contribution >= 4 is 5.97 Å². The van der Waals surface area contributed by atoms with Gasteiger partial charge in [-0.25, -0.2) is 4.79 Å². The maximum Gasteiger partial charge on any atom is 0.338 e. The van der Waals surface area contributed by atoms with Gasteiger partial charge < -0.3 is 19.5 Å². The fourth-order valence-electron chi connectivity index (χ4n) is 4.47. The normalized spacial score (nSPS) is 27.4. The number of carbonyl (C=O) groups excluding carboxylic acids is 1. The van der Waals surface area contributed by atoms with Crippen LogP contribution in [0.15, 0.2) is 24.3 Å². The third kappa shape index (κ3) is 4.22. The van der Waals surface area contributed by atoms with E-state index in [-0.39, 0.29) is 17.0 Å². The zero-order chi connectivity index (χ0) is 18.1. The molecule has 0 aliphatic carbocycles. The summed E-state index contributed by atoms with van der Waals surface area (Å²) in [6, 6.07) is 7.68. The number of rotatable bonds is 4. The van der Waals surface area contributed by atoms with Crippen LogP contribution in [0.5, 0.6) is 0 Å². The molecular formula is C20H29NO4. The molecule has 2 saturated heterocycles. The van der Waals surface area contributed by atoms with Crippen molar-refractivity contribution in [2.75, 3.05) is 19.8 Å². The Kier molecular flexibility index (Phi) is 4.93. The van der Waals surface area contributed by atoms with Crippen LogP contribution in [0.1, 0.15) is 56.5 Å². The molecule has 0 bridgehead atoms. The first-order chi connectivity index (χ1) is 11.7. The lowest BCUT2D eigenvalue weighted by Gasteiger charge is -2.51. The molecule has 138 valence electrons. The van der Waals surface area contributed by atoms with Gasteiger partial charge in [-0.05, 0) is 51.8 Å². The highest BCUT2D eigenvalue weighted by Gasteiger charge is 2.52. The van der Waals surface area contributed by atoms with Crippen LogP contribution in [0.3, 0.4) is 0 Å². The second-order valence-electron chi connectivity index (χ2n) is 8.12. The van der Waals surface area contributed by atoms with Crippen LogP contribution >= 0.6 is 0 Å². The smallest absolute Gasteiger partial charge is 0.338 e. The van der Waals surface area contributed by atoms with Gasteiger partial charge in [0.2, 0.25) is 0 Å². The van der Waals surface area contributed by atoms with Crippen molar-refractivity contribution in [2.45, 2.75) is 63.8 Å². The molecule has 2 aliphatic heterocycles. The van der Waals surface area contributed by atoms with Gasteiger partial charge in [0.1, 0.15) is 0 Å². The zero-order valence-corrected chi connectivity index (χ0v) is 15.7. The summed E-state index contributed by atoms with van der Waals surface area (Å²) in [5, 5.41) is 3.77. The SMILES string of the molecule is CCOC(=O)c1ccc(CC2(C)CC3(CC(C)(C)N2)OCCO3)cc1. The molecule has 2 aliphatic rings. The van der Waals surface area contributed by atoms with E-state index in [4.69, 9.17) is 14.2 Å². The predicted molar refractivity (Wildman–Crippen MR) is 95.6 cm³/mol. The Morgan fingerprint density at radius 3 is 2.36 bits per heavy atom. The number of nitrogens with one attached hydrogen (secondary N) is 1. The minimum absolute atomic E-state index is 0.0672. The molecule has 2 fully saturated rings. The third-order valence-corrected chi connectivity index (χ3v) is 4.88. The highest BCUT2D eigenvalue weighted by atomic mass is 16.7. The number of carbonyl (C=O) groups is 1. The molecule has 5 nitrogen and oxygen atoms in total. The number of ether oxygens (including phenoxy) is 3. The molecule has 0 aromatic heterocycles. The number of esters is 1. The standard InChI is InChI=1S/C20H29NO4/c1-5-23-17(22)16-8-6-15(7-9-16)12-19(4)14-20(24-10-11-25-20)13-18(2,3)21-19/h6-9,21H,5,10-14H2,1-4H3. The van der Waals surface area contributed by atoms with Gasteiger partial charge in [0.05, 0.1) is 25.4 Å². The Morgan fingerprint density at radius 2 is 1.76 bits per heavy atom. The zero-order valence-electron chi connectivity index (χ0n) is 15.7. The highest BCUT2D eigenvalue weighted by Crippen LogP contribution is 2.42. The maximum atomic E-state index is 11.8. The Bertz CT molecular complexity index is 619. The lowest BCUT2D eigenvalue weighted by atomic mass is 9.75. The van der Waals surface area contributed by atoms with E-state index in [2.05, 4.69) is 26.1 Å². The average Bonchev–Trinajstić information content (AvgIpc) is 2.92. The minimum Gasteiger partial charge on any atom is -0.462 e. The van der Waals surface area contributed by atoms with E-state index in [1.165, 1.54) is 5.56 Å². The molecule has 0 amide bonds. The number of piperidine rings is 1. The summed E-state index contributed by atoms with van der Waals surface area (Å²) in [6.45, 7) is 10.1. The van der Waals surface area contributed by atoms with Crippen LogP contribution in [0.2, 0.25) is 0 Å². The summed E-state index contributed by atoms with van der Waals surface area (Å²) in [4.78, 5) is 11.8. The van der Waals surface area contributed by atoms with Crippen LogP contribution in [0, 0.1) is 0 Å². The summed E-state index contributed by atoms with van der Waals surface area (Å²) in [6.07, 6.45) is 2.49. The number of benzene rings is 1. The second-order valence-corrected chi connectivity index (χ2v) is 8.12. The maximum absolute atomic E-state index is 11.8. The van der Waals surface area contributed by atoms with Gasteiger partial charge >= 0.3 is 5.97 Å². The predicted octanol–water partition coefficient (Wildman–Crippen LogP) is 3.07. The molecule has 1 aromatic rings. The molecular weight excluding hydrogens is 318 g/mol. The van der Waals surface area contributed by atoms with Gasteiger partial charge in [-0.2, -0.15) is 0 Å². The molecule has 1 aromatic carbocycles. The Hall–Kier alpha value is -1.43. The summed E-state index contributed by atoms with van der Waals surface area (Å²) in [7, 11) is 0. The largest absolute Gasteiger partial charge is 0.462 e. The van der Waals surface area contributed by atoms with E-state index < -0.39 is 5.79 Å². The van der Waals surface area contributed by atoms with Crippen molar-refractivity contribution in [3.8, 4) is 0 Å². The van der Waals surface area contributed by atoms with Crippen molar-refractivity contribution < 1.29 is 19.0 Å². The fraction of sp³-hybridized carbons (Fsp3) is 0.650. The number of hydrogen-bond acceptors (Lipinski definition) is 5. The first-order valence-electron chi connectivity index (χ1n) is 9.08. The monoisotopic (exact) mass is 347 g/mol. The van der Waals surface area contributed by atoms with Crippen molar-refractivity contribution in [3.63, 3.8) is 0 Å². The highest BCUT2D eigenvalue weighted by molar-refractivity contribution is 5.89. The summed E-state index contributed by atoms with van der Waals surface area (Å²) >= 11 is 0. The summed E-state index contributed by atoms with van der Waals surface area (Å²) in [5.74, 6) is -0.752. The molecule has 2 heterocycles. The van der Waals surface area contributed by atoms with Gasteiger partial charge in [0.25, 0.3) is 0 Å². The molecule has 1 spiro atoms. The van der Waals surface area contributed by atoms with Crippen LogP contribution < -0.4 is 5.32 Å². The second kappa shape index (κ2) is 6.71. The topological polar surface area (TPSA) is 56.8 Å². The Labute approximate surface area is 150 Å². The van der Waals surface area contributed by atoms with E-state index in [1.807, 2.05) is 31.2 Å². The summed E-state index contributed by atoms with van der Waals surface area (Å²) < 4.78 is 17.1. The van der Waals surface area contributed by atoms with Gasteiger partial charge in [0, 0.05) is 23.9 Å².